The highest BCUT2D eigenvalue weighted by molar-refractivity contribution is 7.21. The Kier molecular flexibility index (Phi) is 3.16. The smallest absolute Gasteiger partial charge is 0.133 e. The summed E-state index contributed by atoms with van der Waals surface area (Å²) in [5.74, 6) is 0. The summed E-state index contributed by atoms with van der Waals surface area (Å²) in [6.07, 6.45) is 0. The van der Waals surface area contributed by atoms with Crippen LogP contribution in [0.2, 0.25) is 0 Å². The molecule has 3 N–H and O–H groups in total. The molecule has 15 heavy (non-hydrogen) atoms. The van der Waals surface area contributed by atoms with Gasteiger partial charge in [-0.1, -0.05) is 6.07 Å². The van der Waals surface area contributed by atoms with Crippen LogP contribution in [0.3, 0.4) is 0 Å². The summed E-state index contributed by atoms with van der Waals surface area (Å²) >= 11 is 3.23. The second-order valence-electron chi connectivity index (χ2n) is 3.24. The predicted octanol–water partition coefficient (Wildman–Crippen LogP) is 2.17. The van der Waals surface area contributed by atoms with E-state index in [1.165, 1.54) is 0 Å². The maximum atomic E-state index is 9.01. The summed E-state index contributed by atoms with van der Waals surface area (Å²) in [7, 11) is 0. The third kappa shape index (κ3) is 2.10. The van der Waals surface area contributed by atoms with Gasteiger partial charge in [0.25, 0.3) is 0 Å². The number of hydrogen-bond donors (Lipinski definition) is 2. The van der Waals surface area contributed by atoms with Crippen molar-refractivity contribution in [1.29, 1.82) is 0 Å². The first kappa shape index (κ1) is 10.8. The summed E-state index contributed by atoms with van der Waals surface area (Å²) in [5, 5.41) is 12.0. The lowest BCUT2D eigenvalue weighted by molar-refractivity contribution is 0.269. The minimum atomic E-state index is -0.309. The lowest BCUT2D eigenvalue weighted by Gasteiger charge is -2.04. The second-order valence-corrected chi connectivity index (χ2v) is 5.21. The number of aliphatic hydroxyl groups excluding tert-OH is 1. The average Bonchev–Trinajstić information content (AvgIpc) is 2.84. The highest BCUT2D eigenvalue weighted by Crippen LogP contribution is 2.33. The molecule has 0 saturated carbocycles. The van der Waals surface area contributed by atoms with Crippen molar-refractivity contribution in [3.63, 3.8) is 0 Å². The molecular formula is C10H12N2OS2. The van der Waals surface area contributed by atoms with Crippen LogP contribution in [0.4, 0.5) is 0 Å². The van der Waals surface area contributed by atoms with E-state index in [9.17, 15) is 0 Å². The zero-order chi connectivity index (χ0) is 10.8. The van der Waals surface area contributed by atoms with Crippen LogP contribution in [0.5, 0.6) is 0 Å². The molecule has 1 atom stereocenters. The van der Waals surface area contributed by atoms with Crippen LogP contribution in [0.25, 0.3) is 9.88 Å². The van der Waals surface area contributed by atoms with Gasteiger partial charge < -0.3 is 10.8 Å². The highest BCUT2D eigenvalue weighted by atomic mass is 32.1. The molecule has 0 aliphatic heterocycles. The van der Waals surface area contributed by atoms with Gasteiger partial charge in [0.2, 0.25) is 0 Å². The number of nitrogens with zero attached hydrogens (tertiary/aromatic N) is 1. The summed E-state index contributed by atoms with van der Waals surface area (Å²) < 4.78 is 0. The van der Waals surface area contributed by atoms with Gasteiger partial charge in [-0.3, -0.25) is 0 Å². The molecular weight excluding hydrogens is 228 g/mol. The summed E-state index contributed by atoms with van der Waals surface area (Å²) in [6.45, 7) is 1.89. The van der Waals surface area contributed by atoms with Gasteiger partial charge in [0.1, 0.15) is 5.01 Å². The van der Waals surface area contributed by atoms with Crippen LogP contribution >= 0.6 is 22.7 Å². The SMILES string of the molecule is Cc1nc(-c2cccs2)sc1C(N)CO. The maximum Gasteiger partial charge on any atom is 0.133 e. The summed E-state index contributed by atoms with van der Waals surface area (Å²) in [6, 6.07) is 3.73. The first-order valence-corrected chi connectivity index (χ1v) is 6.29. The molecule has 0 aliphatic carbocycles. The number of aromatic nitrogens is 1. The Bertz CT molecular complexity index is 436. The zero-order valence-electron chi connectivity index (χ0n) is 8.30. The Morgan fingerprint density at radius 3 is 3.00 bits per heavy atom. The number of thiazole rings is 1. The van der Waals surface area contributed by atoms with E-state index in [-0.39, 0.29) is 12.6 Å². The van der Waals surface area contributed by atoms with E-state index in [1.54, 1.807) is 22.7 Å². The topological polar surface area (TPSA) is 59.1 Å². The largest absolute Gasteiger partial charge is 0.394 e. The van der Waals surface area contributed by atoms with Crippen LogP contribution in [-0.4, -0.2) is 16.7 Å². The van der Waals surface area contributed by atoms with Gasteiger partial charge in [-0.15, -0.1) is 22.7 Å². The molecule has 0 amide bonds. The van der Waals surface area contributed by atoms with Gasteiger partial charge >= 0.3 is 0 Å². The summed E-state index contributed by atoms with van der Waals surface area (Å²) in [4.78, 5) is 6.59. The van der Waals surface area contributed by atoms with Gasteiger partial charge in [0, 0.05) is 4.88 Å². The first-order chi connectivity index (χ1) is 7.22. The van der Waals surface area contributed by atoms with Gasteiger partial charge in [0.05, 0.1) is 23.2 Å². The third-order valence-electron chi connectivity index (χ3n) is 2.10. The molecule has 2 aromatic heterocycles. The predicted molar refractivity (Wildman–Crippen MR) is 64.2 cm³/mol. The Hall–Kier alpha value is -0.750. The van der Waals surface area contributed by atoms with E-state index >= 15 is 0 Å². The van der Waals surface area contributed by atoms with Gasteiger partial charge in [0.15, 0.2) is 0 Å². The van der Waals surface area contributed by atoms with Crippen LogP contribution in [0.1, 0.15) is 16.6 Å². The van der Waals surface area contributed by atoms with Crippen molar-refractivity contribution in [1.82, 2.24) is 4.98 Å². The highest BCUT2D eigenvalue weighted by Gasteiger charge is 2.15. The maximum absolute atomic E-state index is 9.01. The van der Waals surface area contributed by atoms with Crippen molar-refractivity contribution < 1.29 is 5.11 Å². The van der Waals surface area contributed by atoms with Crippen molar-refractivity contribution in [2.45, 2.75) is 13.0 Å². The number of thiophene rings is 1. The molecule has 0 radical (unpaired) electrons. The number of aliphatic hydroxyl groups is 1. The molecule has 2 heterocycles. The van der Waals surface area contributed by atoms with Crippen LogP contribution in [0, 0.1) is 6.92 Å². The Balaban J connectivity index is 2.37. The van der Waals surface area contributed by atoms with Crippen LogP contribution in [0.15, 0.2) is 17.5 Å². The fraction of sp³-hybridized carbons (Fsp3) is 0.300. The first-order valence-electron chi connectivity index (χ1n) is 4.60. The summed E-state index contributed by atoms with van der Waals surface area (Å²) in [5.41, 5.74) is 6.71. The Morgan fingerprint density at radius 2 is 2.40 bits per heavy atom. The van der Waals surface area contributed by atoms with Crippen molar-refractivity contribution in [2.75, 3.05) is 6.61 Å². The molecule has 2 rings (SSSR count). The lowest BCUT2D eigenvalue weighted by Crippen LogP contribution is -2.13. The van der Waals surface area contributed by atoms with E-state index in [4.69, 9.17) is 10.8 Å². The molecule has 0 saturated heterocycles. The molecule has 0 aliphatic rings. The lowest BCUT2D eigenvalue weighted by atomic mass is 10.2. The minimum absolute atomic E-state index is 0.0348. The number of nitrogens with two attached hydrogens (primary N) is 1. The molecule has 5 heteroatoms. The fourth-order valence-electron chi connectivity index (χ4n) is 1.34. The Morgan fingerprint density at radius 1 is 1.60 bits per heavy atom. The van der Waals surface area contributed by atoms with E-state index in [0.29, 0.717) is 0 Å². The molecule has 0 bridgehead atoms. The number of hydrogen-bond acceptors (Lipinski definition) is 5. The average molecular weight is 240 g/mol. The second kappa shape index (κ2) is 4.40. The van der Waals surface area contributed by atoms with Gasteiger partial charge in [-0.05, 0) is 18.4 Å². The van der Waals surface area contributed by atoms with E-state index < -0.39 is 0 Å². The van der Waals surface area contributed by atoms with Crippen LogP contribution in [-0.2, 0) is 0 Å². The van der Waals surface area contributed by atoms with Crippen molar-refractivity contribution in [3.05, 3.63) is 28.1 Å². The third-order valence-corrected chi connectivity index (χ3v) is 4.43. The zero-order valence-corrected chi connectivity index (χ0v) is 9.94. The van der Waals surface area contributed by atoms with Gasteiger partial charge in [-0.2, -0.15) is 0 Å². The van der Waals surface area contributed by atoms with Gasteiger partial charge in [-0.25, -0.2) is 4.98 Å². The molecule has 2 aromatic rings. The Labute approximate surface area is 96.2 Å². The molecule has 0 aromatic carbocycles. The fourth-order valence-corrected chi connectivity index (χ4v) is 3.20. The minimum Gasteiger partial charge on any atom is -0.394 e. The van der Waals surface area contributed by atoms with E-state index in [1.807, 2.05) is 24.4 Å². The monoisotopic (exact) mass is 240 g/mol. The molecule has 80 valence electrons. The molecule has 0 fully saturated rings. The van der Waals surface area contributed by atoms with E-state index in [0.717, 1.165) is 20.5 Å². The van der Waals surface area contributed by atoms with Crippen molar-refractivity contribution >= 4 is 22.7 Å². The van der Waals surface area contributed by atoms with Crippen molar-refractivity contribution in [2.24, 2.45) is 5.73 Å². The molecule has 0 spiro atoms. The standard InChI is InChI=1S/C10H12N2OS2/c1-6-9(7(11)5-13)15-10(12-6)8-3-2-4-14-8/h2-4,7,13H,5,11H2,1H3. The quantitative estimate of drug-likeness (QED) is 0.864. The molecule has 3 nitrogen and oxygen atoms in total. The van der Waals surface area contributed by atoms with Crippen molar-refractivity contribution in [3.8, 4) is 9.88 Å². The normalized spacial score (nSPS) is 13.0. The number of rotatable bonds is 3. The van der Waals surface area contributed by atoms with E-state index in [2.05, 4.69) is 4.98 Å². The molecule has 1 unspecified atom stereocenters. The van der Waals surface area contributed by atoms with Crippen LogP contribution < -0.4 is 5.73 Å². The number of aryl methyl sites for hydroxylation is 1.